The van der Waals surface area contributed by atoms with E-state index < -0.39 is 0 Å². The van der Waals surface area contributed by atoms with Crippen molar-refractivity contribution in [2.75, 3.05) is 13.2 Å². The van der Waals surface area contributed by atoms with Crippen molar-refractivity contribution in [2.24, 2.45) is 0 Å². The Morgan fingerprint density at radius 3 is 2.60 bits per heavy atom. The van der Waals surface area contributed by atoms with Gasteiger partial charge in [0.2, 0.25) is 0 Å². The van der Waals surface area contributed by atoms with Gasteiger partial charge in [-0.25, -0.2) is 0 Å². The molecule has 0 spiro atoms. The minimum Gasteiger partial charge on any atom is -0.491 e. The van der Waals surface area contributed by atoms with Crippen LogP contribution in [0.4, 0.5) is 0 Å². The molecule has 5 heteroatoms. The Balaban J connectivity index is 1.52. The zero-order chi connectivity index (χ0) is 13.8. The maximum Gasteiger partial charge on any atom is 0.494 e. The van der Waals surface area contributed by atoms with Crippen LogP contribution in [0, 0.1) is 3.57 Å². The predicted molar refractivity (Wildman–Crippen MR) is 87.3 cm³/mol. The van der Waals surface area contributed by atoms with Gasteiger partial charge in [-0.1, -0.05) is 30.3 Å². The van der Waals surface area contributed by atoms with Crippen molar-refractivity contribution in [2.45, 2.75) is 6.10 Å². The molecular weight excluding hydrogens is 366 g/mol. The second-order valence-electron chi connectivity index (χ2n) is 4.60. The molecule has 3 nitrogen and oxygen atoms in total. The maximum atomic E-state index is 5.84. The van der Waals surface area contributed by atoms with Crippen molar-refractivity contribution in [3.63, 3.8) is 0 Å². The van der Waals surface area contributed by atoms with E-state index in [1.165, 1.54) is 3.57 Å². The zero-order valence-electron chi connectivity index (χ0n) is 10.9. The fraction of sp³-hybridized carbons (Fsp3) is 0.200. The van der Waals surface area contributed by atoms with Crippen molar-refractivity contribution in [3.8, 4) is 5.75 Å². The van der Waals surface area contributed by atoms with E-state index in [-0.39, 0.29) is 13.2 Å². The van der Waals surface area contributed by atoms with Gasteiger partial charge in [0.15, 0.2) is 0 Å². The van der Waals surface area contributed by atoms with Gasteiger partial charge in [0.1, 0.15) is 12.4 Å². The zero-order valence-corrected chi connectivity index (χ0v) is 13.0. The number of hydrogen-bond acceptors (Lipinski definition) is 3. The Morgan fingerprint density at radius 1 is 1.10 bits per heavy atom. The highest BCUT2D eigenvalue weighted by molar-refractivity contribution is 14.1. The Bertz CT molecular complexity index is 547. The van der Waals surface area contributed by atoms with Gasteiger partial charge in [0, 0.05) is 3.57 Å². The van der Waals surface area contributed by atoms with Crippen LogP contribution in [0.1, 0.15) is 0 Å². The summed E-state index contributed by atoms with van der Waals surface area (Å²) in [5.41, 5.74) is 1.05. The summed E-state index contributed by atoms with van der Waals surface area (Å²) in [6.07, 6.45) is -0.0283. The average molecular weight is 380 g/mol. The molecule has 2 aromatic carbocycles. The minimum atomic E-state index is -0.276. The van der Waals surface area contributed by atoms with Crippen LogP contribution in [0.15, 0.2) is 54.6 Å². The number of benzene rings is 2. The number of rotatable bonds is 4. The second kappa shape index (κ2) is 6.60. The first-order chi connectivity index (χ1) is 9.81. The first-order valence-corrected chi connectivity index (χ1v) is 7.59. The van der Waals surface area contributed by atoms with Gasteiger partial charge in [-0.15, -0.1) is 0 Å². The van der Waals surface area contributed by atoms with Crippen molar-refractivity contribution in [3.05, 3.63) is 58.2 Å². The lowest BCUT2D eigenvalue weighted by atomic mass is 9.79. The largest absolute Gasteiger partial charge is 0.494 e. The molecule has 20 heavy (non-hydrogen) atoms. The van der Waals surface area contributed by atoms with E-state index in [1.54, 1.807) is 0 Å². The lowest BCUT2D eigenvalue weighted by molar-refractivity contribution is 0.148. The van der Waals surface area contributed by atoms with E-state index in [4.69, 9.17) is 14.0 Å². The second-order valence-corrected chi connectivity index (χ2v) is 5.84. The smallest absolute Gasteiger partial charge is 0.491 e. The number of ether oxygens (including phenoxy) is 1. The molecule has 102 valence electrons. The van der Waals surface area contributed by atoms with Crippen LogP contribution in [0.25, 0.3) is 0 Å². The van der Waals surface area contributed by atoms with Crippen LogP contribution in [0.5, 0.6) is 5.75 Å². The van der Waals surface area contributed by atoms with Crippen LogP contribution in [-0.2, 0) is 9.31 Å². The summed E-state index contributed by atoms with van der Waals surface area (Å²) in [7, 11) is -0.276. The molecule has 0 bridgehead atoms. The van der Waals surface area contributed by atoms with E-state index in [0.29, 0.717) is 13.2 Å². The Labute approximate surface area is 132 Å². The van der Waals surface area contributed by atoms with Crippen LogP contribution < -0.4 is 10.2 Å². The van der Waals surface area contributed by atoms with Crippen LogP contribution in [0.3, 0.4) is 0 Å². The van der Waals surface area contributed by atoms with Crippen molar-refractivity contribution in [1.29, 1.82) is 0 Å². The van der Waals surface area contributed by atoms with Gasteiger partial charge < -0.3 is 14.0 Å². The summed E-state index contributed by atoms with van der Waals surface area (Å²) in [4.78, 5) is 0. The molecule has 1 fully saturated rings. The van der Waals surface area contributed by atoms with Gasteiger partial charge in [0.05, 0.1) is 12.7 Å². The molecule has 1 atom stereocenters. The van der Waals surface area contributed by atoms with Gasteiger partial charge in [-0.2, -0.15) is 0 Å². The highest BCUT2D eigenvalue weighted by atomic mass is 127. The predicted octanol–water partition coefficient (Wildman–Crippen LogP) is 2.48. The fourth-order valence-corrected chi connectivity index (χ4v) is 2.40. The van der Waals surface area contributed by atoms with E-state index in [9.17, 15) is 0 Å². The molecule has 0 unspecified atom stereocenters. The Hall–Kier alpha value is -1.05. The van der Waals surface area contributed by atoms with Crippen molar-refractivity contribution in [1.82, 2.24) is 0 Å². The third kappa shape index (κ3) is 3.53. The number of hydrogen-bond donors (Lipinski definition) is 0. The number of halogens is 1. The standard InChI is InChI=1S/C15H14BIO3/c17-13-6-8-14(9-7-13)18-10-15-11-19-16(20-15)12-4-2-1-3-5-12/h1-9,15H,10-11H2/t15-/m0/s1. The summed E-state index contributed by atoms with van der Waals surface area (Å²) in [5.74, 6) is 0.858. The fourth-order valence-electron chi connectivity index (χ4n) is 2.04. The van der Waals surface area contributed by atoms with E-state index in [1.807, 2.05) is 54.6 Å². The Morgan fingerprint density at radius 2 is 1.85 bits per heavy atom. The van der Waals surface area contributed by atoms with Crippen LogP contribution >= 0.6 is 22.6 Å². The van der Waals surface area contributed by atoms with Gasteiger partial charge in [-0.3, -0.25) is 0 Å². The summed E-state index contributed by atoms with van der Waals surface area (Å²) >= 11 is 2.27. The van der Waals surface area contributed by atoms with Crippen molar-refractivity contribution < 1.29 is 14.0 Å². The lowest BCUT2D eigenvalue weighted by Gasteiger charge is -2.11. The maximum absolute atomic E-state index is 5.84. The molecule has 1 saturated heterocycles. The molecular formula is C15H14BIO3. The minimum absolute atomic E-state index is 0.0283. The van der Waals surface area contributed by atoms with E-state index >= 15 is 0 Å². The van der Waals surface area contributed by atoms with Gasteiger partial charge >= 0.3 is 7.12 Å². The van der Waals surface area contributed by atoms with Gasteiger partial charge in [0.25, 0.3) is 0 Å². The highest BCUT2D eigenvalue weighted by Gasteiger charge is 2.33. The normalized spacial score (nSPS) is 18.2. The first kappa shape index (κ1) is 13.9. The van der Waals surface area contributed by atoms with E-state index in [2.05, 4.69) is 22.6 Å². The topological polar surface area (TPSA) is 27.7 Å². The molecule has 0 saturated carbocycles. The summed E-state index contributed by atoms with van der Waals surface area (Å²) in [5, 5.41) is 0. The monoisotopic (exact) mass is 380 g/mol. The molecule has 1 heterocycles. The molecule has 0 aromatic heterocycles. The lowest BCUT2D eigenvalue weighted by Crippen LogP contribution is -2.33. The van der Waals surface area contributed by atoms with Crippen molar-refractivity contribution >= 4 is 35.2 Å². The Kier molecular flexibility index (Phi) is 4.60. The molecule has 1 aliphatic rings. The van der Waals surface area contributed by atoms with Crippen LogP contribution in [0.2, 0.25) is 0 Å². The summed E-state index contributed by atoms with van der Waals surface area (Å²) < 4.78 is 18.4. The molecule has 0 aliphatic carbocycles. The summed E-state index contributed by atoms with van der Waals surface area (Å²) in [6, 6.07) is 17.9. The van der Waals surface area contributed by atoms with E-state index in [0.717, 1.165) is 11.2 Å². The molecule has 0 radical (unpaired) electrons. The average Bonchev–Trinajstić information content (AvgIpc) is 2.97. The highest BCUT2D eigenvalue weighted by Crippen LogP contribution is 2.15. The first-order valence-electron chi connectivity index (χ1n) is 6.51. The molecule has 2 aromatic rings. The molecule has 1 aliphatic heterocycles. The quantitative estimate of drug-likeness (QED) is 0.603. The molecule has 3 rings (SSSR count). The SMILES string of the molecule is Ic1ccc(OC[C@H]2COB(c3ccccc3)O2)cc1. The van der Waals surface area contributed by atoms with Gasteiger partial charge in [-0.05, 0) is 52.3 Å². The molecule has 0 amide bonds. The third-order valence-electron chi connectivity index (χ3n) is 3.07. The van der Waals surface area contributed by atoms with Crippen LogP contribution in [-0.4, -0.2) is 26.4 Å². The molecule has 0 N–H and O–H groups in total. The third-order valence-corrected chi connectivity index (χ3v) is 3.79. The summed E-state index contributed by atoms with van der Waals surface area (Å²) in [6.45, 7) is 1.06.